The average Bonchev–Trinajstić information content (AvgIpc) is 3.60. The van der Waals surface area contributed by atoms with Crippen molar-refractivity contribution in [3.8, 4) is 0 Å². The molecule has 8 atom stereocenters. The van der Waals surface area contributed by atoms with Gasteiger partial charge in [-0.2, -0.15) is 9.29 Å². The number of aliphatic hydroxyl groups excluding tert-OH is 3. The Bertz CT molecular complexity index is 1970. The molecule has 19 nitrogen and oxygen atoms in total. The molecule has 21 heteroatoms. The van der Waals surface area contributed by atoms with Crippen molar-refractivity contribution < 1.29 is 71.4 Å². The lowest BCUT2D eigenvalue weighted by Gasteiger charge is -2.21. The van der Waals surface area contributed by atoms with E-state index in [1.165, 1.54) is 63.9 Å². The molecule has 1 aliphatic heterocycles. The SMILES string of the molecule is CC/C=C\C/C=C\C/C=C\C/C=C\C=C\C(O)CCCC(=O)OC[C@H](COP(=O)(O)OP(=O)(O)OC[C@H]1O[C@@H](n2ccc(N)nc2=O)[C@H](O)[C@@H]1O)OC(=O)CCCCCCCCCCCCCCCC(C)C. The van der Waals surface area contributed by atoms with Gasteiger partial charge in [0, 0.05) is 19.0 Å². The summed E-state index contributed by atoms with van der Waals surface area (Å²) in [5, 5.41) is 31.3. The topological polar surface area (TPSA) is 286 Å². The van der Waals surface area contributed by atoms with Crippen molar-refractivity contribution in [3.63, 3.8) is 0 Å². The fourth-order valence-corrected chi connectivity index (χ4v) is 9.52. The number of unbranched alkanes of at least 4 members (excludes halogenated alkanes) is 12. The number of rotatable bonds is 41. The number of anilines is 1. The van der Waals surface area contributed by atoms with Crippen molar-refractivity contribution >= 4 is 33.4 Å². The summed E-state index contributed by atoms with van der Waals surface area (Å²) in [4.78, 5) is 62.0. The Balaban J connectivity index is 1.85. The Labute approximate surface area is 426 Å². The van der Waals surface area contributed by atoms with Crippen LogP contribution < -0.4 is 11.4 Å². The van der Waals surface area contributed by atoms with E-state index in [4.69, 9.17) is 29.0 Å². The molecule has 0 spiro atoms. The highest BCUT2D eigenvalue weighted by Crippen LogP contribution is 2.60. The summed E-state index contributed by atoms with van der Waals surface area (Å²) in [7, 11) is -10.9. The number of ether oxygens (including phenoxy) is 3. The molecule has 0 aliphatic carbocycles. The number of hydrogen-bond donors (Lipinski definition) is 6. The molecule has 1 aromatic heterocycles. The molecule has 2 rings (SSSR count). The van der Waals surface area contributed by atoms with Gasteiger partial charge in [-0.25, -0.2) is 13.9 Å². The molecule has 410 valence electrons. The lowest BCUT2D eigenvalue weighted by atomic mass is 10.0. The normalized spacial score (nSPS) is 20.1. The van der Waals surface area contributed by atoms with Gasteiger partial charge in [-0.3, -0.25) is 23.2 Å². The second-order valence-corrected chi connectivity index (χ2v) is 21.4. The standard InChI is InChI=1S/C51H85N3O16P2/c1-4-5-6-7-8-9-10-12-16-19-22-25-28-32-42(55)33-30-35-46(56)65-38-43(68-47(57)34-29-26-23-20-17-14-11-13-15-18-21-24-27-31-41(2)3)39-66-71(61,62)70-72(63,64)67-40-44-48(58)49(59)50(69-44)54-37-36-45(52)53-51(54)60/h5-6,8-9,12,16,22,25,28,32,36-37,41-44,48-50,55,58-59H,4,7,10-11,13-15,17-21,23-24,26-27,29-31,33-35,38-40H2,1-3H3,(H,61,62)(H,63,64)(H2,52,53,60)/b6-5-,9-8-,16-12-,25-22-,32-28+/t42?,43-,44-,48-,49-,50-/m1/s1. The number of phosphoric acid groups is 2. The van der Waals surface area contributed by atoms with Crippen molar-refractivity contribution in [1.29, 1.82) is 0 Å². The van der Waals surface area contributed by atoms with Crippen LogP contribution in [0.4, 0.5) is 5.82 Å². The maximum atomic E-state index is 12.9. The van der Waals surface area contributed by atoms with Crippen LogP contribution in [0.25, 0.3) is 0 Å². The summed E-state index contributed by atoms with van der Waals surface area (Å²) in [5.41, 5.74) is 4.57. The van der Waals surface area contributed by atoms with Crippen LogP contribution in [0.3, 0.4) is 0 Å². The summed E-state index contributed by atoms with van der Waals surface area (Å²) in [5.74, 6) is -0.736. The lowest BCUT2D eigenvalue weighted by Crippen LogP contribution is -2.36. The molecule has 7 N–H and O–H groups in total. The number of carbonyl (C=O) groups excluding carboxylic acids is 2. The predicted molar refractivity (Wildman–Crippen MR) is 276 cm³/mol. The number of nitrogens with two attached hydrogens (primary N) is 1. The van der Waals surface area contributed by atoms with E-state index in [2.05, 4.69) is 66.5 Å². The number of phosphoric ester groups is 2. The van der Waals surface area contributed by atoms with Gasteiger partial charge in [-0.15, -0.1) is 0 Å². The van der Waals surface area contributed by atoms with E-state index in [9.17, 15) is 48.6 Å². The van der Waals surface area contributed by atoms with E-state index in [-0.39, 0.29) is 31.5 Å². The summed E-state index contributed by atoms with van der Waals surface area (Å²) in [6, 6.07) is 1.24. The molecule has 1 saturated heterocycles. The van der Waals surface area contributed by atoms with Crippen LogP contribution in [-0.2, 0) is 46.3 Å². The quantitative estimate of drug-likeness (QED) is 0.0117. The minimum atomic E-state index is -5.46. The van der Waals surface area contributed by atoms with Crippen LogP contribution in [-0.4, -0.2) is 96.9 Å². The Morgan fingerprint density at radius 1 is 0.750 bits per heavy atom. The van der Waals surface area contributed by atoms with Gasteiger partial charge in [-0.1, -0.05) is 165 Å². The van der Waals surface area contributed by atoms with E-state index in [0.717, 1.165) is 68.0 Å². The molecular weight excluding hydrogens is 973 g/mol. The zero-order valence-electron chi connectivity index (χ0n) is 42.7. The fraction of sp³-hybridized carbons (Fsp3) is 0.686. The summed E-state index contributed by atoms with van der Waals surface area (Å²) in [6.45, 7) is 4.16. The highest BCUT2D eigenvalue weighted by atomic mass is 31.3. The molecule has 72 heavy (non-hydrogen) atoms. The molecular formula is C51H85N3O16P2. The van der Waals surface area contributed by atoms with E-state index in [1.54, 1.807) is 12.2 Å². The minimum Gasteiger partial charge on any atom is -0.462 e. The zero-order chi connectivity index (χ0) is 53.0. The maximum absolute atomic E-state index is 12.9. The van der Waals surface area contributed by atoms with Crippen molar-refractivity contribution in [1.82, 2.24) is 9.55 Å². The Morgan fingerprint density at radius 2 is 1.31 bits per heavy atom. The predicted octanol–water partition coefficient (Wildman–Crippen LogP) is 9.55. The highest BCUT2D eigenvalue weighted by molar-refractivity contribution is 7.61. The number of aromatic nitrogens is 2. The van der Waals surface area contributed by atoms with E-state index < -0.39 is 89.8 Å². The molecule has 0 aromatic carbocycles. The number of allylic oxidation sites excluding steroid dienone is 9. The first-order chi connectivity index (χ1) is 34.4. The van der Waals surface area contributed by atoms with Gasteiger partial charge in [0.15, 0.2) is 12.3 Å². The fourth-order valence-electron chi connectivity index (χ4n) is 7.41. The average molecular weight is 1060 g/mol. The van der Waals surface area contributed by atoms with Crippen LogP contribution in [0.2, 0.25) is 0 Å². The molecule has 1 aliphatic rings. The molecule has 0 radical (unpaired) electrons. The van der Waals surface area contributed by atoms with Crippen molar-refractivity contribution in [3.05, 3.63) is 83.5 Å². The number of esters is 2. The molecule has 0 saturated carbocycles. The highest BCUT2D eigenvalue weighted by Gasteiger charge is 2.46. The van der Waals surface area contributed by atoms with Gasteiger partial charge in [-0.05, 0) is 56.9 Å². The van der Waals surface area contributed by atoms with E-state index in [1.807, 2.05) is 12.2 Å². The molecule has 1 aromatic rings. The van der Waals surface area contributed by atoms with Gasteiger partial charge >= 0.3 is 33.3 Å². The number of hydrogen-bond acceptors (Lipinski definition) is 16. The largest absolute Gasteiger partial charge is 0.481 e. The van der Waals surface area contributed by atoms with Crippen molar-refractivity contribution in [2.45, 2.75) is 199 Å². The minimum absolute atomic E-state index is 0.00895. The van der Waals surface area contributed by atoms with Gasteiger partial charge in [0.05, 0.1) is 19.3 Å². The Kier molecular flexibility index (Phi) is 34.1. The second kappa shape index (κ2) is 38.0. The first-order valence-electron chi connectivity index (χ1n) is 25.8. The van der Waals surface area contributed by atoms with Gasteiger partial charge in [0.2, 0.25) is 0 Å². The monoisotopic (exact) mass is 1060 g/mol. The van der Waals surface area contributed by atoms with E-state index >= 15 is 0 Å². The summed E-state index contributed by atoms with van der Waals surface area (Å²) < 4.78 is 56.7. The van der Waals surface area contributed by atoms with Crippen LogP contribution >= 0.6 is 15.6 Å². The third-order valence-electron chi connectivity index (χ3n) is 11.4. The molecule has 0 bridgehead atoms. The number of aliphatic hydroxyl groups is 3. The summed E-state index contributed by atoms with van der Waals surface area (Å²) >= 11 is 0. The second-order valence-electron chi connectivity index (χ2n) is 18.3. The van der Waals surface area contributed by atoms with Gasteiger partial charge in [0.25, 0.3) is 0 Å². The Hall–Kier alpha value is -3.58. The number of carbonyl (C=O) groups is 2. The van der Waals surface area contributed by atoms with E-state index in [0.29, 0.717) is 6.42 Å². The van der Waals surface area contributed by atoms with Crippen molar-refractivity contribution in [2.75, 3.05) is 25.6 Å². The van der Waals surface area contributed by atoms with Crippen molar-refractivity contribution in [2.24, 2.45) is 5.92 Å². The smallest absolute Gasteiger partial charge is 0.462 e. The lowest BCUT2D eigenvalue weighted by molar-refractivity contribution is -0.161. The van der Waals surface area contributed by atoms with Crippen LogP contribution in [0.1, 0.15) is 168 Å². The zero-order valence-corrected chi connectivity index (χ0v) is 44.5. The molecule has 1 fully saturated rings. The van der Waals surface area contributed by atoms with Crippen LogP contribution in [0.5, 0.6) is 0 Å². The molecule has 3 unspecified atom stereocenters. The molecule has 0 amide bonds. The number of nitrogen functional groups attached to an aromatic ring is 1. The Morgan fingerprint density at radius 3 is 1.90 bits per heavy atom. The summed E-state index contributed by atoms with van der Waals surface area (Å²) in [6.07, 6.45) is 31.9. The van der Waals surface area contributed by atoms with Gasteiger partial charge in [0.1, 0.15) is 30.7 Å². The van der Waals surface area contributed by atoms with Crippen LogP contribution in [0.15, 0.2) is 77.8 Å². The maximum Gasteiger partial charge on any atom is 0.481 e. The van der Waals surface area contributed by atoms with Gasteiger partial charge < -0.3 is 45.1 Å². The van der Waals surface area contributed by atoms with Crippen LogP contribution in [0, 0.1) is 5.92 Å². The molecule has 2 heterocycles. The first kappa shape index (κ1) is 64.5. The third kappa shape index (κ3) is 31.2. The number of nitrogens with zero attached hydrogens (tertiary/aromatic N) is 2. The first-order valence-corrected chi connectivity index (χ1v) is 28.8. The third-order valence-corrected chi connectivity index (χ3v) is 14.0.